The second-order valence-corrected chi connectivity index (χ2v) is 8.84. The Morgan fingerprint density at radius 1 is 0.714 bits per heavy atom. The molecule has 3 saturated heterocycles. The average Bonchev–Trinajstić information content (AvgIpc) is 3.10. The molecule has 17 heteroatoms. The molecule has 13 atom stereocenters. The lowest BCUT2D eigenvalue weighted by Gasteiger charge is -2.61. The summed E-state index contributed by atoms with van der Waals surface area (Å²) in [6, 6.07) is 0. The van der Waals surface area contributed by atoms with Gasteiger partial charge in [0.25, 0.3) is 0 Å². The van der Waals surface area contributed by atoms with Crippen molar-refractivity contribution in [2.24, 2.45) is 0 Å². The van der Waals surface area contributed by atoms with Crippen molar-refractivity contribution in [2.45, 2.75) is 77.9 Å². The predicted octanol–water partition coefficient (Wildman–Crippen LogP) is -8.86. The van der Waals surface area contributed by atoms with Crippen LogP contribution in [0.15, 0.2) is 0 Å². The molecule has 206 valence electrons. The normalized spacial score (nSPS) is 55.3. The summed E-state index contributed by atoms with van der Waals surface area (Å²) in [5.74, 6) is -9.45. The molecule has 0 aromatic heterocycles. The lowest BCUT2D eigenvalue weighted by molar-refractivity contribution is -0.503. The van der Waals surface area contributed by atoms with Crippen LogP contribution in [0.1, 0.15) is 0 Å². The summed E-state index contributed by atoms with van der Waals surface area (Å²) in [5, 5.41) is 135. The van der Waals surface area contributed by atoms with Crippen molar-refractivity contribution in [1.29, 1.82) is 0 Å². The van der Waals surface area contributed by atoms with Crippen LogP contribution in [0.4, 0.5) is 0 Å². The minimum atomic E-state index is -3.54. The van der Waals surface area contributed by atoms with Gasteiger partial charge in [-0.05, 0) is 0 Å². The SMILES string of the molecule is OC[C@H]1OC(CO)(O[C@]2([C@]3(O)[C@H](O)CO[C@@](O)(CO)[C@H]3O)O[C@H](CO)[C@@H](O)[C@H](O)[C@H]2O)[C@@H](O)[C@@H]1O. The Labute approximate surface area is 197 Å². The topological polar surface area (TPSA) is 300 Å². The van der Waals surface area contributed by atoms with Crippen molar-refractivity contribution in [1.82, 2.24) is 0 Å². The van der Waals surface area contributed by atoms with Gasteiger partial charge >= 0.3 is 0 Å². The first-order chi connectivity index (χ1) is 16.2. The van der Waals surface area contributed by atoms with Gasteiger partial charge in [0.2, 0.25) is 17.4 Å². The van der Waals surface area contributed by atoms with Crippen LogP contribution in [0.3, 0.4) is 0 Å². The zero-order valence-corrected chi connectivity index (χ0v) is 18.2. The van der Waals surface area contributed by atoms with E-state index in [1.165, 1.54) is 0 Å². The van der Waals surface area contributed by atoms with Crippen molar-refractivity contribution in [3.8, 4) is 0 Å². The first-order valence-corrected chi connectivity index (χ1v) is 10.6. The van der Waals surface area contributed by atoms with E-state index in [1.807, 2.05) is 0 Å². The van der Waals surface area contributed by atoms with Crippen LogP contribution in [0.2, 0.25) is 0 Å². The molecular weight excluding hydrogens is 488 g/mol. The molecule has 1 unspecified atom stereocenters. The highest BCUT2D eigenvalue weighted by Crippen LogP contribution is 2.50. The third-order valence-corrected chi connectivity index (χ3v) is 6.81. The van der Waals surface area contributed by atoms with Gasteiger partial charge in [0.15, 0.2) is 5.60 Å². The molecular formula is C18H32O17. The molecule has 0 saturated carbocycles. The van der Waals surface area contributed by atoms with E-state index in [1.54, 1.807) is 0 Å². The zero-order valence-electron chi connectivity index (χ0n) is 18.2. The Balaban J connectivity index is 2.24. The summed E-state index contributed by atoms with van der Waals surface area (Å²) in [5.41, 5.74) is -3.54. The van der Waals surface area contributed by atoms with E-state index in [4.69, 9.17) is 18.9 Å². The highest BCUT2D eigenvalue weighted by Gasteiger charge is 2.77. The number of aliphatic hydroxyl groups is 13. The molecule has 0 amide bonds. The van der Waals surface area contributed by atoms with Gasteiger partial charge < -0.3 is 85.3 Å². The Morgan fingerprint density at radius 3 is 1.77 bits per heavy atom. The fourth-order valence-corrected chi connectivity index (χ4v) is 4.66. The quantitative estimate of drug-likeness (QED) is 0.148. The van der Waals surface area contributed by atoms with Gasteiger partial charge in [0.05, 0.1) is 26.4 Å². The van der Waals surface area contributed by atoms with Crippen molar-refractivity contribution in [2.75, 3.05) is 33.0 Å². The van der Waals surface area contributed by atoms with E-state index in [-0.39, 0.29) is 0 Å². The number of ether oxygens (including phenoxy) is 4. The molecule has 0 radical (unpaired) electrons. The van der Waals surface area contributed by atoms with Crippen LogP contribution < -0.4 is 0 Å². The molecule has 3 rings (SSSR count). The molecule has 0 aliphatic carbocycles. The van der Waals surface area contributed by atoms with Crippen LogP contribution in [-0.2, 0) is 18.9 Å². The molecule has 3 aliphatic rings. The predicted molar refractivity (Wildman–Crippen MR) is 103 cm³/mol. The summed E-state index contributed by atoms with van der Waals surface area (Å²) in [6.07, 6.45) is -20.1. The van der Waals surface area contributed by atoms with E-state index >= 15 is 0 Å². The summed E-state index contributed by atoms with van der Waals surface area (Å²) in [6.45, 7) is -5.93. The van der Waals surface area contributed by atoms with Gasteiger partial charge in [0, 0.05) is 0 Å². The van der Waals surface area contributed by atoms with Gasteiger partial charge in [-0.3, -0.25) is 0 Å². The summed E-state index contributed by atoms with van der Waals surface area (Å²) < 4.78 is 20.9. The molecule has 0 bridgehead atoms. The third-order valence-electron chi connectivity index (χ3n) is 6.81. The van der Waals surface area contributed by atoms with Crippen LogP contribution in [0.25, 0.3) is 0 Å². The molecule has 0 aromatic rings. The first-order valence-electron chi connectivity index (χ1n) is 10.6. The monoisotopic (exact) mass is 520 g/mol. The first kappa shape index (κ1) is 28.9. The molecule has 3 aliphatic heterocycles. The Bertz CT molecular complexity index is 742. The lowest BCUT2D eigenvalue weighted by atomic mass is 9.71. The van der Waals surface area contributed by atoms with Crippen molar-refractivity contribution >= 4 is 0 Å². The fraction of sp³-hybridized carbons (Fsp3) is 1.00. The maximum atomic E-state index is 11.6. The van der Waals surface area contributed by atoms with Crippen LogP contribution in [-0.4, -0.2) is 177 Å². The van der Waals surface area contributed by atoms with Gasteiger partial charge in [-0.25, -0.2) is 0 Å². The van der Waals surface area contributed by atoms with Gasteiger partial charge in [0.1, 0.15) is 61.5 Å². The zero-order chi connectivity index (χ0) is 26.6. The summed E-state index contributed by atoms with van der Waals surface area (Å²) in [7, 11) is 0. The lowest BCUT2D eigenvalue weighted by Crippen LogP contribution is -2.86. The fourth-order valence-electron chi connectivity index (χ4n) is 4.66. The van der Waals surface area contributed by atoms with E-state index in [0.717, 1.165) is 0 Å². The highest BCUT2D eigenvalue weighted by atomic mass is 16.8. The molecule has 35 heavy (non-hydrogen) atoms. The summed E-state index contributed by atoms with van der Waals surface area (Å²) in [4.78, 5) is 0. The van der Waals surface area contributed by atoms with E-state index in [9.17, 15) is 66.4 Å². The van der Waals surface area contributed by atoms with E-state index in [0.29, 0.717) is 0 Å². The molecule has 0 spiro atoms. The molecule has 0 aromatic carbocycles. The van der Waals surface area contributed by atoms with E-state index < -0.39 is 111 Å². The Hall–Kier alpha value is -0.680. The molecule has 3 fully saturated rings. The largest absolute Gasteiger partial charge is 0.394 e. The van der Waals surface area contributed by atoms with Crippen LogP contribution in [0, 0.1) is 0 Å². The molecule has 13 N–H and O–H groups in total. The summed E-state index contributed by atoms with van der Waals surface area (Å²) >= 11 is 0. The number of aliphatic hydroxyl groups excluding tert-OH is 11. The second-order valence-electron chi connectivity index (χ2n) is 8.84. The Morgan fingerprint density at radius 2 is 1.29 bits per heavy atom. The van der Waals surface area contributed by atoms with Crippen molar-refractivity contribution < 1.29 is 85.3 Å². The third kappa shape index (κ3) is 4.01. The standard InChI is InChI=1S/C18H32O17/c19-1-6-9(24)11(26)13(28)18(34-6,17(31)8(23)3-32-15(30,4-21)14(17)29)35-16(5-22)12(27)10(25)7(2-20)33-16/h6-14,19-31H,1-5H2/t6-,7-,8-,9-,10-,11+,12+,13-,14-,15+,16?,17+,18-/m1/s1. The minimum absolute atomic E-state index is 0.937. The Kier molecular flexibility index (Phi) is 8.16. The number of hydrogen-bond acceptors (Lipinski definition) is 17. The van der Waals surface area contributed by atoms with Gasteiger partial charge in [-0.2, -0.15) is 0 Å². The van der Waals surface area contributed by atoms with Gasteiger partial charge in [-0.1, -0.05) is 0 Å². The van der Waals surface area contributed by atoms with Crippen LogP contribution in [0.5, 0.6) is 0 Å². The van der Waals surface area contributed by atoms with Gasteiger partial charge in [-0.15, -0.1) is 0 Å². The number of rotatable bonds is 7. The highest BCUT2D eigenvalue weighted by molar-refractivity contribution is 5.18. The molecule has 17 nitrogen and oxygen atoms in total. The van der Waals surface area contributed by atoms with Crippen molar-refractivity contribution in [3.63, 3.8) is 0 Å². The molecule has 3 heterocycles. The van der Waals surface area contributed by atoms with E-state index in [2.05, 4.69) is 0 Å². The minimum Gasteiger partial charge on any atom is -0.394 e. The average molecular weight is 520 g/mol. The maximum absolute atomic E-state index is 11.6. The second kappa shape index (κ2) is 9.89. The smallest absolute Gasteiger partial charge is 0.235 e. The number of hydrogen-bond donors (Lipinski definition) is 13. The van der Waals surface area contributed by atoms with Crippen LogP contribution >= 0.6 is 0 Å². The van der Waals surface area contributed by atoms with Crippen molar-refractivity contribution in [3.05, 3.63) is 0 Å². The maximum Gasteiger partial charge on any atom is 0.235 e.